The largest absolute Gasteiger partial charge is 0.417 e. The summed E-state index contributed by atoms with van der Waals surface area (Å²) in [6.07, 6.45) is -2.88. The molecule has 0 bridgehead atoms. The van der Waals surface area contributed by atoms with E-state index in [-0.39, 0.29) is 5.39 Å². The molecule has 3 rings (SSSR count). The second-order valence-electron chi connectivity index (χ2n) is 4.17. The van der Waals surface area contributed by atoms with Gasteiger partial charge >= 0.3 is 6.18 Å². The van der Waals surface area contributed by atoms with Crippen LogP contribution in [0.2, 0.25) is 0 Å². The van der Waals surface area contributed by atoms with Crippen molar-refractivity contribution in [3.05, 3.63) is 52.8 Å². The molecule has 19 heavy (non-hydrogen) atoms. The number of hydrogen-bond donors (Lipinski definition) is 0. The van der Waals surface area contributed by atoms with Gasteiger partial charge in [-0.15, -0.1) is 0 Å². The molecule has 0 fully saturated rings. The number of benzene rings is 2. The first-order valence-electron chi connectivity index (χ1n) is 5.51. The van der Waals surface area contributed by atoms with E-state index in [2.05, 4.69) is 20.9 Å². The Labute approximate surface area is 115 Å². The Morgan fingerprint density at radius 1 is 1.00 bits per heavy atom. The monoisotopic (exact) mass is 325 g/mol. The van der Waals surface area contributed by atoms with Crippen LogP contribution >= 0.6 is 15.9 Å². The van der Waals surface area contributed by atoms with Gasteiger partial charge in [0.2, 0.25) is 0 Å². The van der Waals surface area contributed by atoms with E-state index in [1.165, 1.54) is 18.3 Å². The van der Waals surface area contributed by atoms with Crippen molar-refractivity contribution in [2.75, 3.05) is 0 Å². The van der Waals surface area contributed by atoms with Gasteiger partial charge in [0.05, 0.1) is 5.56 Å². The van der Waals surface area contributed by atoms with E-state index in [9.17, 15) is 13.2 Å². The van der Waals surface area contributed by atoms with E-state index >= 15 is 0 Å². The van der Waals surface area contributed by atoms with E-state index in [1.807, 2.05) is 0 Å². The third kappa shape index (κ3) is 1.98. The van der Waals surface area contributed by atoms with Crippen molar-refractivity contribution in [1.29, 1.82) is 0 Å². The van der Waals surface area contributed by atoms with E-state index in [0.717, 1.165) is 0 Å². The zero-order chi connectivity index (χ0) is 13.6. The Kier molecular flexibility index (Phi) is 2.74. The first kappa shape index (κ1) is 12.4. The lowest BCUT2D eigenvalue weighted by molar-refractivity contribution is -0.136. The molecule has 0 saturated heterocycles. The average molecular weight is 326 g/mol. The highest BCUT2D eigenvalue weighted by atomic mass is 79.9. The van der Waals surface area contributed by atoms with Crippen LogP contribution in [0.15, 0.2) is 47.2 Å². The topological polar surface area (TPSA) is 12.9 Å². The molecule has 2 aromatic carbocycles. The number of nitrogens with zero attached hydrogens (tertiary/aromatic N) is 1. The molecule has 0 aliphatic heterocycles. The van der Waals surface area contributed by atoms with E-state index in [1.54, 1.807) is 24.3 Å². The standard InChI is InChI=1S/C14H7BrF3N/c15-13-12-8(5-6-19-13)7-11(14(16,17)18)9-3-1-2-4-10(9)12/h1-7H. The maximum atomic E-state index is 13.1. The van der Waals surface area contributed by atoms with Gasteiger partial charge in [0.15, 0.2) is 0 Å². The quantitative estimate of drug-likeness (QED) is 0.410. The highest BCUT2D eigenvalue weighted by Crippen LogP contribution is 2.39. The number of aromatic nitrogens is 1. The van der Waals surface area contributed by atoms with Crippen LogP contribution in [0, 0.1) is 0 Å². The Hall–Kier alpha value is -1.62. The third-order valence-corrected chi connectivity index (χ3v) is 3.63. The first-order valence-corrected chi connectivity index (χ1v) is 6.31. The van der Waals surface area contributed by atoms with Gasteiger partial charge < -0.3 is 0 Å². The van der Waals surface area contributed by atoms with Gasteiger partial charge in [-0.3, -0.25) is 0 Å². The molecule has 0 spiro atoms. The second-order valence-corrected chi connectivity index (χ2v) is 4.92. The molecule has 0 unspecified atom stereocenters. The Morgan fingerprint density at radius 3 is 2.37 bits per heavy atom. The summed E-state index contributed by atoms with van der Waals surface area (Å²) in [4.78, 5) is 4.08. The first-order chi connectivity index (χ1) is 8.98. The molecular formula is C14H7BrF3N. The molecule has 96 valence electrons. The number of hydrogen-bond acceptors (Lipinski definition) is 1. The van der Waals surface area contributed by atoms with Crippen molar-refractivity contribution in [2.24, 2.45) is 0 Å². The van der Waals surface area contributed by atoms with Crippen molar-refractivity contribution >= 4 is 37.5 Å². The highest BCUT2D eigenvalue weighted by Gasteiger charge is 2.33. The van der Waals surface area contributed by atoms with Crippen LogP contribution < -0.4 is 0 Å². The van der Waals surface area contributed by atoms with Crippen LogP contribution in [0.25, 0.3) is 21.5 Å². The number of rotatable bonds is 0. The third-order valence-electron chi connectivity index (χ3n) is 3.03. The minimum atomic E-state index is -4.37. The second kappa shape index (κ2) is 4.20. The van der Waals surface area contributed by atoms with Crippen LogP contribution in [-0.4, -0.2) is 4.98 Å². The van der Waals surface area contributed by atoms with Gasteiger partial charge in [-0.2, -0.15) is 13.2 Å². The lowest BCUT2D eigenvalue weighted by atomic mass is 9.98. The van der Waals surface area contributed by atoms with Gasteiger partial charge in [0.1, 0.15) is 4.60 Å². The maximum Gasteiger partial charge on any atom is 0.417 e. The smallest absolute Gasteiger partial charge is 0.249 e. The Bertz CT molecular complexity index is 781. The molecule has 0 radical (unpaired) electrons. The van der Waals surface area contributed by atoms with Gasteiger partial charge in [0.25, 0.3) is 0 Å². The van der Waals surface area contributed by atoms with E-state index in [4.69, 9.17) is 0 Å². The average Bonchev–Trinajstić information content (AvgIpc) is 2.36. The Morgan fingerprint density at radius 2 is 1.68 bits per heavy atom. The molecule has 1 heterocycles. The van der Waals surface area contributed by atoms with Crippen molar-refractivity contribution in [3.8, 4) is 0 Å². The predicted octanol–water partition coefficient (Wildman–Crippen LogP) is 5.17. The normalized spacial score (nSPS) is 12.2. The number of halogens is 4. The summed E-state index contributed by atoms with van der Waals surface area (Å²) in [5.74, 6) is 0. The number of fused-ring (bicyclic) bond motifs is 3. The van der Waals surface area contributed by atoms with Crippen molar-refractivity contribution in [3.63, 3.8) is 0 Å². The summed E-state index contributed by atoms with van der Waals surface area (Å²) >= 11 is 3.30. The summed E-state index contributed by atoms with van der Waals surface area (Å²) in [6, 6.07) is 9.25. The summed E-state index contributed by atoms with van der Waals surface area (Å²) in [5, 5.41) is 1.96. The number of alkyl halides is 3. The zero-order valence-corrected chi connectivity index (χ0v) is 11.1. The zero-order valence-electron chi connectivity index (χ0n) is 9.50. The summed E-state index contributed by atoms with van der Waals surface area (Å²) in [7, 11) is 0. The van der Waals surface area contributed by atoms with Gasteiger partial charge in [0, 0.05) is 11.6 Å². The lowest BCUT2D eigenvalue weighted by Crippen LogP contribution is -2.06. The molecule has 0 aliphatic rings. The minimum absolute atomic E-state index is 0.191. The molecule has 3 aromatic rings. The molecule has 0 aliphatic carbocycles. The molecule has 1 nitrogen and oxygen atoms in total. The fraction of sp³-hybridized carbons (Fsp3) is 0.0714. The SMILES string of the molecule is FC(F)(F)c1cc2ccnc(Br)c2c2ccccc12. The van der Waals surface area contributed by atoms with E-state index < -0.39 is 11.7 Å². The summed E-state index contributed by atoms with van der Waals surface area (Å²) in [5.41, 5.74) is -0.617. The maximum absolute atomic E-state index is 13.1. The van der Waals surface area contributed by atoms with Crippen molar-refractivity contribution < 1.29 is 13.2 Å². The van der Waals surface area contributed by atoms with Gasteiger partial charge in [-0.25, -0.2) is 4.98 Å². The van der Waals surface area contributed by atoms with Crippen LogP contribution in [-0.2, 0) is 6.18 Å². The predicted molar refractivity (Wildman–Crippen MR) is 72.0 cm³/mol. The van der Waals surface area contributed by atoms with Gasteiger partial charge in [-0.05, 0) is 44.2 Å². The molecule has 0 saturated carbocycles. The van der Waals surface area contributed by atoms with E-state index in [0.29, 0.717) is 20.8 Å². The molecule has 0 atom stereocenters. The van der Waals surface area contributed by atoms with Gasteiger partial charge in [-0.1, -0.05) is 24.3 Å². The van der Waals surface area contributed by atoms with Crippen LogP contribution in [0.1, 0.15) is 5.56 Å². The Balaban J connectivity index is 2.58. The molecular weight excluding hydrogens is 319 g/mol. The molecule has 5 heteroatoms. The highest BCUT2D eigenvalue weighted by molar-refractivity contribution is 9.10. The van der Waals surface area contributed by atoms with Crippen molar-refractivity contribution in [1.82, 2.24) is 4.98 Å². The summed E-state index contributed by atoms with van der Waals surface area (Å²) in [6.45, 7) is 0. The molecule has 0 N–H and O–H groups in total. The van der Waals surface area contributed by atoms with Crippen molar-refractivity contribution in [2.45, 2.75) is 6.18 Å². The van der Waals surface area contributed by atoms with Crippen LogP contribution in [0.4, 0.5) is 13.2 Å². The minimum Gasteiger partial charge on any atom is -0.249 e. The van der Waals surface area contributed by atoms with Crippen LogP contribution in [0.5, 0.6) is 0 Å². The van der Waals surface area contributed by atoms with Crippen LogP contribution in [0.3, 0.4) is 0 Å². The molecule has 0 amide bonds. The fourth-order valence-corrected chi connectivity index (χ4v) is 2.80. The number of pyridine rings is 1. The summed E-state index contributed by atoms with van der Waals surface area (Å²) < 4.78 is 39.9. The lowest BCUT2D eigenvalue weighted by Gasteiger charge is -2.13. The fourth-order valence-electron chi connectivity index (χ4n) is 2.24. The molecule has 1 aromatic heterocycles.